The van der Waals surface area contributed by atoms with Crippen molar-refractivity contribution in [3.8, 4) is 29.1 Å². The summed E-state index contributed by atoms with van der Waals surface area (Å²) in [6.45, 7) is 5.97. The molecule has 254 valence electrons. The summed E-state index contributed by atoms with van der Waals surface area (Å²) in [5, 5.41) is 41.7. The summed E-state index contributed by atoms with van der Waals surface area (Å²) in [6, 6.07) is 10.6. The van der Waals surface area contributed by atoms with E-state index in [1.807, 2.05) is 58.3 Å². The van der Waals surface area contributed by atoms with Crippen LogP contribution >= 0.6 is 0 Å². The SMILES string of the molecule is CN[C@@H](Cc1c[nH]c2ccccc12)C(=O)NC[C@H]1c2c(c(O)c(C)c3c2OCO3)CC2[C@H]3c4c(cc(C)c(C)c4O)C[C@H]([C@H](C#N)N21)N3C. The lowest BCUT2D eigenvalue weighted by atomic mass is 9.71. The van der Waals surface area contributed by atoms with Crippen molar-refractivity contribution in [1.82, 2.24) is 25.4 Å². The Balaban J connectivity index is 1.21. The molecule has 1 amide bonds. The zero-order valence-electron chi connectivity index (χ0n) is 28.4. The molecule has 1 unspecified atom stereocenters. The lowest BCUT2D eigenvalue weighted by Gasteiger charge is -2.60. The van der Waals surface area contributed by atoms with Crippen LogP contribution in [0.4, 0.5) is 0 Å². The Morgan fingerprint density at radius 1 is 1.08 bits per heavy atom. The average molecular weight is 663 g/mol. The van der Waals surface area contributed by atoms with Crippen LogP contribution in [0.5, 0.6) is 23.0 Å². The summed E-state index contributed by atoms with van der Waals surface area (Å²) in [7, 11) is 3.82. The lowest BCUT2D eigenvalue weighted by molar-refractivity contribution is -0.124. The number of carbonyl (C=O) groups excluding carboxylic acids is 1. The minimum atomic E-state index is -0.536. The van der Waals surface area contributed by atoms with Crippen molar-refractivity contribution >= 4 is 16.8 Å². The molecular weight excluding hydrogens is 620 g/mol. The Morgan fingerprint density at radius 3 is 2.63 bits per heavy atom. The highest BCUT2D eigenvalue weighted by molar-refractivity contribution is 5.86. The predicted octanol–water partition coefficient (Wildman–Crippen LogP) is 3.95. The van der Waals surface area contributed by atoms with Crippen molar-refractivity contribution in [2.24, 2.45) is 0 Å². The van der Waals surface area contributed by atoms with Gasteiger partial charge in [-0.15, -0.1) is 0 Å². The van der Waals surface area contributed by atoms with Crippen LogP contribution < -0.4 is 20.1 Å². The number of carbonyl (C=O) groups is 1. The van der Waals surface area contributed by atoms with Gasteiger partial charge in [0.2, 0.25) is 12.7 Å². The van der Waals surface area contributed by atoms with Gasteiger partial charge in [0, 0.05) is 58.0 Å². The first-order valence-corrected chi connectivity index (χ1v) is 17.0. The second-order valence-corrected chi connectivity index (χ2v) is 14.0. The van der Waals surface area contributed by atoms with Crippen LogP contribution in [0, 0.1) is 32.1 Å². The second-order valence-electron chi connectivity index (χ2n) is 14.0. The Labute approximate surface area is 285 Å². The number of H-pyrrole nitrogens is 1. The summed E-state index contributed by atoms with van der Waals surface area (Å²) in [5.41, 5.74) is 7.94. The van der Waals surface area contributed by atoms with Crippen LogP contribution in [-0.2, 0) is 24.1 Å². The van der Waals surface area contributed by atoms with Crippen molar-refractivity contribution < 1.29 is 24.5 Å². The largest absolute Gasteiger partial charge is 0.507 e. The number of hydrogen-bond donors (Lipinski definition) is 5. The van der Waals surface area contributed by atoms with E-state index in [2.05, 4.69) is 37.6 Å². The summed E-state index contributed by atoms with van der Waals surface area (Å²) >= 11 is 0. The molecule has 11 nitrogen and oxygen atoms in total. The van der Waals surface area contributed by atoms with Crippen LogP contribution in [0.2, 0.25) is 0 Å². The van der Waals surface area contributed by atoms with E-state index >= 15 is 0 Å². The minimum Gasteiger partial charge on any atom is -0.507 e. The minimum absolute atomic E-state index is 0.0244. The number of nitriles is 1. The number of aromatic hydroxyl groups is 2. The van der Waals surface area contributed by atoms with Crippen molar-refractivity contribution in [3.05, 3.63) is 81.0 Å². The number of piperazine rings is 1. The molecule has 1 aromatic heterocycles. The number of amides is 1. The van der Waals surface area contributed by atoms with E-state index in [1.165, 1.54) is 0 Å². The topological polar surface area (TPSA) is 146 Å². The molecule has 4 aliphatic heterocycles. The van der Waals surface area contributed by atoms with Gasteiger partial charge in [0.05, 0.1) is 24.2 Å². The first kappa shape index (κ1) is 31.5. The molecule has 5 heterocycles. The maximum Gasteiger partial charge on any atom is 0.237 e. The number of aromatic nitrogens is 1. The highest BCUT2D eigenvalue weighted by Crippen LogP contribution is 2.57. The summed E-state index contributed by atoms with van der Waals surface area (Å²) in [6.07, 6.45) is 3.46. The number of rotatable bonds is 6. The fourth-order valence-corrected chi connectivity index (χ4v) is 9.07. The maximum atomic E-state index is 14.0. The molecule has 4 aromatic rings. The lowest BCUT2D eigenvalue weighted by Crippen LogP contribution is -2.69. The average Bonchev–Trinajstić information content (AvgIpc) is 3.75. The van der Waals surface area contributed by atoms with Crippen LogP contribution in [0.3, 0.4) is 0 Å². The zero-order valence-corrected chi connectivity index (χ0v) is 28.4. The summed E-state index contributed by atoms with van der Waals surface area (Å²) in [4.78, 5) is 21.7. The molecule has 0 radical (unpaired) electrons. The fraction of sp³-hybridized carbons (Fsp3) is 0.421. The van der Waals surface area contributed by atoms with E-state index in [9.17, 15) is 20.3 Å². The van der Waals surface area contributed by atoms with Gasteiger partial charge in [0.1, 0.15) is 17.5 Å². The van der Waals surface area contributed by atoms with Crippen molar-refractivity contribution in [1.29, 1.82) is 5.26 Å². The molecule has 6 atom stereocenters. The van der Waals surface area contributed by atoms with E-state index < -0.39 is 18.1 Å². The summed E-state index contributed by atoms with van der Waals surface area (Å²) in [5.74, 6) is 1.31. The third kappa shape index (κ3) is 4.61. The second kappa shape index (κ2) is 11.7. The smallest absolute Gasteiger partial charge is 0.237 e. The van der Waals surface area contributed by atoms with Crippen LogP contribution in [0.1, 0.15) is 56.6 Å². The molecule has 1 fully saturated rings. The van der Waals surface area contributed by atoms with Gasteiger partial charge in [-0.1, -0.05) is 24.3 Å². The van der Waals surface area contributed by atoms with Crippen molar-refractivity contribution in [2.45, 2.75) is 76.3 Å². The highest BCUT2D eigenvalue weighted by Gasteiger charge is 2.56. The van der Waals surface area contributed by atoms with E-state index in [0.717, 1.165) is 49.8 Å². The number of ether oxygens (including phenoxy) is 2. The standard InChI is InChI=1S/C38H42N6O5/c1-18-10-21-12-27-29(14-39)44-28(33(43(27)5)31(21)35(46)19(18)2)13-24-32(37-36(48-17-49-37)20(3)34(24)45)30(44)16-42-38(47)26(40-4)11-22-15-41-25-9-7-6-8-23(22)25/h6-10,15,26-30,33,40-41,45-46H,11-13,16-17H2,1-5H3,(H,42,47)/t26-,27+,28?,29-,30-,33-/m0/s1. The highest BCUT2D eigenvalue weighted by atomic mass is 16.7. The number of likely N-dealkylation sites (N-methyl/N-ethyl adjacent to an activating group) is 2. The number of para-hydroxylation sites is 1. The fourth-order valence-electron chi connectivity index (χ4n) is 9.07. The predicted molar refractivity (Wildman–Crippen MR) is 184 cm³/mol. The molecule has 4 aliphatic rings. The van der Waals surface area contributed by atoms with E-state index in [-0.39, 0.29) is 48.9 Å². The van der Waals surface area contributed by atoms with Crippen LogP contribution in [0.15, 0.2) is 36.5 Å². The number of aromatic amines is 1. The third-order valence-corrected chi connectivity index (χ3v) is 11.7. The Kier molecular flexibility index (Phi) is 7.52. The molecule has 2 bridgehead atoms. The van der Waals surface area contributed by atoms with E-state index in [4.69, 9.17) is 9.47 Å². The Morgan fingerprint density at radius 2 is 1.86 bits per heavy atom. The molecular formula is C38H42N6O5. The molecule has 49 heavy (non-hydrogen) atoms. The van der Waals surface area contributed by atoms with E-state index in [1.54, 1.807) is 7.05 Å². The normalized spacial score (nSPS) is 24.5. The number of nitrogens with zero attached hydrogens (tertiary/aromatic N) is 3. The number of phenols is 2. The molecule has 1 saturated heterocycles. The molecule has 8 rings (SSSR count). The maximum absolute atomic E-state index is 14.0. The molecule has 0 aliphatic carbocycles. The number of hydrogen-bond acceptors (Lipinski definition) is 9. The molecule has 11 heteroatoms. The van der Waals surface area contributed by atoms with E-state index in [0.29, 0.717) is 36.3 Å². The molecule has 0 saturated carbocycles. The van der Waals surface area contributed by atoms with Gasteiger partial charge in [-0.2, -0.15) is 5.26 Å². The molecule has 3 aromatic carbocycles. The number of aryl methyl sites for hydroxylation is 1. The van der Waals surface area contributed by atoms with Gasteiger partial charge in [-0.3, -0.25) is 14.6 Å². The van der Waals surface area contributed by atoms with Gasteiger partial charge in [-0.25, -0.2) is 0 Å². The first-order valence-electron chi connectivity index (χ1n) is 17.0. The van der Waals surface area contributed by atoms with Gasteiger partial charge in [0.25, 0.3) is 0 Å². The van der Waals surface area contributed by atoms with Crippen LogP contribution in [-0.4, -0.2) is 82.5 Å². The Hall–Kier alpha value is -4.76. The monoisotopic (exact) mass is 662 g/mol. The number of benzene rings is 3. The number of nitrogens with one attached hydrogen (secondary N) is 3. The van der Waals surface area contributed by atoms with Crippen molar-refractivity contribution in [2.75, 3.05) is 27.4 Å². The van der Waals surface area contributed by atoms with Gasteiger partial charge >= 0.3 is 0 Å². The number of phenolic OH excluding ortho intramolecular Hbond substituents is 2. The van der Waals surface area contributed by atoms with Crippen molar-refractivity contribution in [3.63, 3.8) is 0 Å². The van der Waals surface area contributed by atoms with Gasteiger partial charge in [0.15, 0.2) is 11.5 Å². The molecule has 5 N–H and O–H groups in total. The van der Waals surface area contributed by atoms with Gasteiger partial charge < -0.3 is 35.3 Å². The number of fused-ring (bicyclic) bond motifs is 10. The molecule has 0 spiro atoms. The Bertz CT molecular complexity index is 2050. The first-order chi connectivity index (χ1) is 23.6. The summed E-state index contributed by atoms with van der Waals surface area (Å²) < 4.78 is 12.0. The van der Waals surface area contributed by atoms with Crippen LogP contribution in [0.25, 0.3) is 10.9 Å². The van der Waals surface area contributed by atoms with Gasteiger partial charge in [-0.05, 0) is 82.4 Å². The third-order valence-electron chi connectivity index (χ3n) is 11.7. The zero-order chi connectivity index (χ0) is 34.3. The quantitative estimate of drug-likeness (QED) is 0.207.